The van der Waals surface area contributed by atoms with E-state index in [1.54, 1.807) is 11.3 Å². The summed E-state index contributed by atoms with van der Waals surface area (Å²) in [5, 5.41) is 12.3. The third kappa shape index (κ3) is 3.80. The van der Waals surface area contributed by atoms with Crippen molar-refractivity contribution in [2.24, 2.45) is 0 Å². The van der Waals surface area contributed by atoms with Gasteiger partial charge in [-0.05, 0) is 34.9 Å². The molecule has 3 rings (SSSR count). The van der Waals surface area contributed by atoms with Crippen molar-refractivity contribution in [2.45, 2.75) is 26.1 Å². The molecule has 1 N–H and O–H groups in total. The van der Waals surface area contributed by atoms with Crippen molar-refractivity contribution in [2.75, 3.05) is 0 Å². The lowest BCUT2D eigenvalue weighted by Gasteiger charge is -2.11. The number of hydrogen-bond acceptors (Lipinski definition) is 3. The molecule has 0 aliphatic rings. The van der Waals surface area contributed by atoms with Gasteiger partial charge in [0.05, 0.1) is 12.7 Å². The predicted molar refractivity (Wildman–Crippen MR) is 87.3 cm³/mol. The normalized spacial score (nSPS) is 12.4. The van der Waals surface area contributed by atoms with Gasteiger partial charge in [0, 0.05) is 24.3 Å². The van der Waals surface area contributed by atoms with Crippen LogP contribution in [-0.2, 0) is 13.1 Å². The van der Waals surface area contributed by atoms with Gasteiger partial charge >= 0.3 is 0 Å². The summed E-state index contributed by atoms with van der Waals surface area (Å²) in [7, 11) is 0. The molecular weight excluding hydrogens is 278 g/mol. The summed E-state index contributed by atoms with van der Waals surface area (Å²) in [5.74, 6) is 0. The highest BCUT2D eigenvalue weighted by atomic mass is 32.1. The molecule has 1 unspecified atom stereocenters. The van der Waals surface area contributed by atoms with Gasteiger partial charge in [0.1, 0.15) is 0 Å². The Bertz CT molecular complexity index is 658. The van der Waals surface area contributed by atoms with Crippen LogP contribution in [0.1, 0.15) is 29.7 Å². The molecule has 0 amide bonds. The van der Waals surface area contributed by atoms with Crippen LogP contribution in [0.3, 0.4) is 0 Å². The first-order valence-electron chi connectivity index (χ1n) is 7.12. The van der Waals surface area contributed by atoms with Crippen LogP contribution in [0.5, 0.6) is 0 Å². The number of benzene rings is 1. The first kappa shape index (κ1) is 14.0. The van der Waals surface area contributed by atoms with Crippen LogP contribution in [0.4, 0.5) is 0 Å². The van der Waals surface area contributed by atoms with Gasteiger partial charge in [-0.25, -0.2) is 0 Å². The quantitative estimate of drug-likeness (QED) is 0.749. The van der Waals surface area contributed by atoms with Crippen LogP contribution in [0.15, 0.2) is 59.6 Å². The van der Waals surface area contributed by atoms with Crippen molar-refractivity contribution in [1.29, 1.82) is 0 Å². The van der Waals surface area contributed by atoms with Gasteiger partial charge in [0.25, 0.3) is 0 Å². The zero-order valence-electron chi connectivity index (χ0n) is 12.1. The third-order valence-corrected chi connectivity index (χ3v) is 4.23. The Morgan fingerprint density at radius 3 is 2.81 bits per heavy atom. The second-order valence-corrected chi connectivity index (χ2v) is 5.97. The van der Waals surface area contributed by atoms with Gasteiger partial charge in [-0.1, -0.05) is 30.3 Å². The van der Waals surface area contributed by atoms with E-state index >= 15 is 0 Å². The second kappa shape index (κ2) is 6.70. The summed E-state index contributed by atoms with van der Waals surface area (Å²) in [5.41, 5.74) is 3.83. The van der Waals surface area contributed by atoms with E-state index in [1.807, 2.05) is 16.9 Å². The van der Waals surface area contributed by atoms with Gasteiger partial charge in [0.15, 0.2) is 0 Å². The van der Waals surface area contributed by atoms with E-state index in [2.05, 4.69) is 64.6 Å². The molecule has 0 fully saturated rings. The van der Waals surface area contributed by atoms with Gasteiger partial charge in [-0.2, -0.15) is 16.4 Å². The van der Waals surface area contributed by atoms with Crippen molar-refractivity contribution in [3.05, 3.63) is 76.2 Å². The minimum Gasteiger partial charge on any atom is -0.306 e. The zero-order chi connectivity index (χ0) is 14.5. The monoisotopic (exact) mass is 297 g/mol. The van der Waals surface area contributed by atoms with Crippen LogP contribution in [0.2, 0.25) is 0 Å². The summed E-state index contributed by atoms with van der Waals surface area (Å²) < 4.78 is 1.99. The minimum absolute atomic E-state index is 0.369. The summed E-state index contributed by atoms with van der Waals surface area (Å²) in [6.45, 7) is 3.85. The maximum Gasteiger partial charge on any atom is 0.0659 e. The Kier molecular flexibility index (Phi) is 4.48. The molecule has 1 atom stereocenters. The highest BCUT2D eigenvalue weighted by molar-refractivity contribution is 7.07. The maximum absolute atomic E-state index is 4.43. The molecule has 0 spiro atoms. The van der Waals surface area contributed by atoms with E-state index < -0.39 is 0 Å². The van der Waals surface area contributed by atoms with Crippen LogP contribution in [0.25, 0.3) is 0 Å². The summed E-state index contributed by atoms with van der Waals surface area (Å²) in [4.78, 5) is 0. The van der Waals surface area contributed by atoms with Gasteiger partial charge in [-0.3, -0.25) is 4.68 Å². The predicted octanol–water partition coefficient (Wildman–Crippen LogP) is 3.84. The van der Waals surface area contributed by atoms with E-state index in [0.29, 0.717) is 6.04 Å². The number of nitrogens with zero attached hydrogens (tertiary/aromatic N) is 2. The number of hydrogen-bond donors (Lipinski definition) is 1. The average molecular weight is 297 g/mol. The molecule has 108 valence electrons. The summed E-state index contributed by atoms with van der Waals surface area (Å²) in [6, 6.07) is 12.9. The first-order valence-corrected chi connectivity index (χ1v) is 8.06. The summed E-state index contributed by atoms with van der Waals surface area (Å²) >= 11 is 1.74. The number of rotatable bonds is 6. The standard InChI is InChI=1S/C17H19N3S/c1-14(17-7-8-21-13-17)18-9-16-10-19-20(12-16)11-15-5-3-2-4-6-15/h2-8,10,12-14,18H,9,11H2,1H3. The Hall–Kier alpha value is -1.91. The van der Waals surface area contributed by atoms with Crippen molar-refractivity contribution in [3.63, 3.8) is 0 Å². The van der Waals surface area contributed by atoms with Crippen LogP contribution in [-0.4, -0.2) is 9.78 Å². The van der Waals surface area contributed by atoms with Crippen LogP contribution >= 0.6 is 11.3 Å². The van der Waals surface area contributed by atoms with Crippen LogP contribution in [0, 0.1) is 0 Å². The Morgan fingerprint density at radius 1 is 1.19 bits per heavy atom. The summed E-state index contributed by atoms with van der Waals surface area (Å²) in [6.07, 6.45) is 4.05. The molecule has 3 aromatic rings. The zero-order valence-corrected chi connectivity index (χ0v) is 12.9. The smallest absolute Gasteiger partial charge is 0.0659 e. The van der Waals surface area contributed by atoms with Crippen molar-refractivity contribution >= 4 is 11.3 Å². The SMILES string of the molecule is CC(NCc1cnn(Cc2ccccc2)c1)c1ccsc1. The molecule has 0 radical (unpaired) electrons. The average Bonchev–Trinajstić information content (AvgIpc) is 3.17. The molecular formula is C17H19N3S. The molecule has 2 aromatic heterocycles. The molecule has 0 aliphatic carbocycles. The first-order chi connectivity index (χ1) is 10.3. The lowest BCUT2D eigenvalue weighted by atomic mass is 10.2. The number of nitrogens with one attached hydrogen (secondary N) is 1. The molecule has 3 nitrogen and oxygen atoms in total. The molecule has 1 aromatic carbocycles. The van der Waals surface area contributed by atoms with Gasteiger partial charge in [0.2, 0.25) is 0 Å². The van der Waals surface area contributed by atoms with Crippen molar-refractivity contribution in [3.8, 4) is 0 Å². The molecule has 0 saturated carbocycles. The molecule has 4 heteroatoms. The fraction of sp³-hybridized carbons (Fsp3) is 0.235. The minimum atomic E-state index is 0.369. The Morgan fingerprint density at radius 2 is 2.05 bits per heavy atom. The number of aromatic nitrogens is 2. The Balaban J connectivity index is 1.55. The molecule has 2 heterocycles. The molecule has 0 saturated heterocycles. The lowest BCUT2D eigenvalue weighted by Crippen LogP contribution is -2.17. The van der Waals surface area contributed by atoms with Crippen molar-refractivity contribution in [1.82, 2.24) is 15.1 Å². The molecule has 21 heavy (non-hydrogen) atoms. The highest BCUT2D eigenvalue weighted by Crippen LogP contribution is 2.16. The third-order valence-electron chi connectivity index (χ3n) is 3.53. The fourth-order valence-corrected chi connectivity index (χ4v) is 3.02. The Labute approximate surface area is 129 Å². The van der Waals surface area contributed by atoms with Gasteiger partial charge < -0.3 is 5.32 Å². The molecule has 0 bridgehead atoms. The van der Waals surface area contributed by atoms with Crippen molar-refractivity contribution < 1.29 is 0 Å². The topological polar surface area (TPSA) is 29.9 Å². The number of thiophene rings is 1. The van der Waals surface area contributed by atoms with E-state index in [0.717, 1.165) is 13.1 Å². The highest BCUT2D eigenvalue weighted by Gasteiger charge is 2.06. The lowest BCUT2D eigenvalue weighted by molar-refractivity contribution is 0.575. The largest absolute Gasteiger partial charge is 0.306 e. The fourth-order valence-electron chi connectivity index (χ4n) is 2.26. The van der Waals surface area contributed by atoms with Crippen LogP contribution < -0.4 is 5.32 Å². The van der Waals surface area contributed by atoms with Gasteiger partial charge in [-0.15, -0.1) is 0 Å². The second-order valence-electron chi connectivity index (χ2n) is 5.19. The van der Waals surface area contributed by atoms with E-state index in [1.165, 1.54) is 16.7 Å². The van der Waals surface area contributed by atoms with E-state index in [-0.39, 0.29) is 0 Å². The molecule has 0 aliphatic heterocycles. The van der Waals surface area contributed by atoms with E-state index in [9.17, 15) is 0 Å². The van der Waals surface area contributed by atoms with E-state index in [4.69, 9.17) is 0 Å². The maximum atomic E-state index is 4.43.